The van der Waals surface area contributed by atoms with Gasteiger partial charge in [-0.25, -0.2) is 0 Å². The smallest absolute Gasteiger partial charge is 0.0484 e. The molecule has 1 unspecified atom stereocenters. The van der Waals surface area contributed by atoms with Gasteiger partial charge in [0.1, 0.15) is 0 Å². The van der Waals surface area contributed by atoms with E-state index in [4.69, 9.17) is 4.74 Å². The second-order valence-electron chi connectivity index (χ2n) is 2.96. The Hall–Kier alpha value is 0.100. The summed E-state index contributed by atoms with van der Waals surface area (Å²) < 4.78 is 6.55. The monoisotopic (exact) mass is 277 g/mol. The van der Waals surface area contributed by atoms with Crippen molar-refractivity contribution >= 4 is 27.3 Å². The zero-order chi connectivity index (χ0) is 10.4. The lowest BCUT2D eigenvalue weighted by Gasteiger charge is -2.14. The van der Waals surface area contributed by atoms with E-state index in [0.29, 0.717) is 6.04 Å². The molecule has 0 saturated carbocycles. The molecular weight excluding hydrogens is 262 g/mol. The van der Waals surface area contributed by atoms with E-state index in [2.05, 4.69) is 32.7 Å². The highest BCUT2D eigenvalue weighted by Gasteiger charge is 2.13. The van der Waals surface area contributed by atoms with Crippen LogP contribution in [0.3, 0.4) is 0 Å². The minimum absolute atomic E-state index is 0.399. The van der Waals surface area contributed by atoms with Crippen molar-refractivity contribution in [2.45, 2.75) is 19.4 Å². The molecule has 1 N–H and O–H groups in total. The summed E-state index contributed by atoms with van der Waals surface area (Å²) in [7, 11) is 1.99. The van der Waals surface area contributed by atoms with Crippen LogP contribution in [0.2, 0.25) is 0 Å². The second-order valence-corrected chi connectivity index (χ2v) is 4.76. The van der Waals surface area contributed by atoms with Crippen LogP contribution in [0.15, 0.2) is 15.9 Å². The highest BCUT2D eigenvalue weighted by molar-refractivity contribution is 9.10. The van der Waals surface area contributed by atoms with Gasteiger partial charge in [0.25, 0.3) is 0 Å². The van der Waals surface area contributed by atoms with Crippen molar-refractivity contribution in [1.82, 2.24) is 5.32 Å². The van der Waals surface area contributed by atoms with E-state index in [1.54, 1.807) is 11.3 Å². The second kappa shape index (κ2) is 6.56. The molecule has 1 aromatic rings. The predicted octanol–water partition coefficient (Wildman–Crippen LogP) is 3.20. The van der Waals surface area contributed by atoms with Crippen molar-refractivity contribution in [2.24, 2.45) is 0 Å². The summed E-state index contributed by atoms with van der Waals surface area (Å²) in [5.74, 6) is 0. The van der Waals surface area contributed by atoms with Crippen molar-refractivity contribution < 1.29 is 4.74 Å². The van der Waals surface area contributed by atoms with Crippen molar-refractivity contribution in [3.8, 4) is 0 Å². The van der Waals surface area contributed by atoms with Crippen molar-refractivity contribution in [3.63, 3.8) is 0 Å². The van der Waals surface area contributed by atoms with Gasteiger partial charge >= 0.3 is 0 Å². The lowest BCUT2D eigenvalue weighted by Crippen LogP contribution is -2.17. The molecule has 0 aliphatic carbocycles. The van der Waals surface area contributed by atoms with Crippen molar-refractivity contribution in [1.29, 1.82) is 0 Å². The van der Waals surface area contributed by atoms with E-state index in [1.807, 2.05) is 14.0 Å². The van der Waals surface area contributed by atoms with Gasteiger partial charge in [-0.3, -0.25) is 0 Å². The van der Waals surface area contributed by atoms with E-state index in [9.17, 15) is 0 Å². The Bertz CT molecular complexity index is 264. The van der Waals surface area contributed by atoms with Crippen LogP contribution in [0.25, 0.3) is 0 Å². The Morgan fingerprint density at radius 3 is 2.93 bits per heavy atom. The molecule has 0 aromatic carbocycles. The highest BCUT2D eigenvalue weighted by Crippen LogP contribution is 2.30. The normalized spacial score (nSPS) is 13.1. The van der Waals surface area contributed by atoms with Crippen LogP contribution in [0.4, 0.5) is 0 Å². The van der Waals surface area contributed by atoms with Crippen molar-refractivity contribution in [2.75, 3.05) is 20.3 Å². The molecule has 1 aromatic heterocycles. The average Bonchev–Trinajstić information content (AvgIpc) is 2.60. The van der Waals surface area contributed by atoms with Gasteiger partial charge in [0, 0.05) is 28.6 Å². The third kappa shape index (κ3) is 3.35. The molecule has 0 saturated heterocycles. The number of thiophene rings is 1. The third-order valence-electron chi connectivity index (χ3n) is 2.06. The van der Waals surface area contributed by atoms with Crippen LogP contribution < -0.4 is 5.32 Å². The topological polar surface area (TPSA) is 21.3 Å². The summed E-state index contributed by atoms with van der Waals surface area (Å²) in [6, 6.07) is 2.49. The van der Waals surface area contributed by atoms with Gasteiger partial charge in [0.05, 0.1) is 0 Å². The lowest BCUT2D eigenvalue weighted by molar-refractivity contribution is 0.137. The van der Waals surface area contributed by atoms with E-state index in [0.717, 1.165) is 19.6 Å². The Kier molecular flexibility index (Phi) is 5.70. The maximum absolute atomic E-state index is 5.35. The van der Waals surface area contributed by atoms with Gasteiger partial charge < -0.3 is 10.1 Å². The SMILES string of the molecule is CCOCCC(NC)c1sccc1Br. The molecule has 1 heterocycles. The minimum atomic E-state index is 0.399. The number of rotatable bonds is 6. The molecule has 14 heavy (non-hydrogen) atoms. The zero-order valence-electron chi connectivity index (χ0n) is 8.55. The predicted molar refractivity (Wildman–Crippen MR) is 64.9 cm³/mol. The number of hydrogen-bond donors (Lipinski definition) is 1. The largest absolute Gasteiger partial charge is 0.382 e. The molecule has 0 radical (unpaired) electrons. The molecule has 0 amide bonds. The summed E-state index contributed by atoms with van der Waals surface area (Å²) in [5, 5.41) is 5.41. The van der Waals surface area contributed by atoms with E-state index < -0.39 is 0 Å². The molecule has 0 bridgehead atoms. The van der Waals surface area contributed by atoms with Crippen LogP contribution in [0.1, 0.15) is 24.3 Å². The average molecular weight is 278 g/mol. The summed E-state index contributed by atoms with van der Waals surface area (Å²) in [6.45, 7) is 3.63. The van der Waals surface area contributed by atoms with Gasteiger partial charge in [-0.2, -0.15) is 0 Å². The maximum atomic E-state index is 5.35. The lowest BCUT2D eigenvalue weighted by atomic mass is 10.2. The molecule has 1 rings (SSSR count). The molecule has 1 atom stereocenters. The molecule has 80 valence electrons. The summed E-state index contributed by atoms with van der Waals surface area (Å²) >= 11 is 5.32. The fraction of sp³-hybridized carbons (Fsp3) is 0.600. The summed E-state index contributed by atoms with van der Waals surface area (Å²) in [4.78, 5) is 1.35. The third-order valence-corrected chi connectivity index (χ3v) is 4.05. The van der Waals surface area contributed by atoms with Crippen molar-refractivity contribution in [3.05, 3.63) is 20.8 Å². The Labute approximate surface area is 97.8 Å². The van der Waals surface area contributed by atoms with Gasteiger partial charge in [-0.15, -0.1) is 11.3 Å². The van der Waals surface area contributed by atoms with Crippen LogP contribution in [0, 0.1) is 0 Å². The number of ether oxygens (including phenoxy) is 1. The van der Waals surface area contributed by atoms with Crippen LogP contribution in [0.5, 0.6) is 0 Å². The Morgan fingerprint density at radius 1 is 1.64 bits per heavy atom. The zero-order valence-corrected chi connectivity index (χ0v) is 11.0. The first kappa shape index (κ1) is 12.2. The van der Waals surface area contributed by atoms with E-state index in [1.165, 1.54) is 9.35 Å². The van der Waals surface area contributed by atoms with Gasteiger partial charge in [-0.1, -0.05) is 0 Å². The molecule has 0 aliphatic heterocycles. The van der Waals surface area contributed by atoms with Crippen LogP contribution in [-0.4, -0.2) is 20.3 Å². The summed E-state index contributed by atoms with van der Waals surface area (Å²) in [5.41, 5.74) is 0. The molecular formula is C10H16BrNOS. The standard InChI is InChI=1S/C10H16BrNOS/c1-3-13-6-4-9(12-2)10-8(11)5-7-14-10/h5,7,9,12H,3-4,6H2,1-2H3. The maximum Gasteiger partial charge on any atom is 0.0484 e. The summed E-state index contributed by atoms with van der Waals surface area (Å²) in [6.07, 6.45) is 1.02. The molecule has 0 spiro atoms. The van der Waals surface area contributed by atoms with Crippen LogP contribution >= 0.6 is 27.3 Å². The van der Waals surface area contributed by atoms with Crippen LogP contribution in [-0.2, 0) is 4.74 Å². The quantitative estimate of drug-likeness (QED) is 0.807. The Balaban J connectivity index is 2.50. The Morgan fingerprint density at radius 2 is 2.43 bits per heavy atom. The minimum Gasteiger partial charge on any atom is -0.382 e. The number of nitrogens with one attached hydrogen (secondary N) is 1. The number of halogens is 1. The molecule has 0 aliphatic rings. The van der Waals surface area contributed by atoms with Gasteiger partial charge in [-0.05, 0) is 47.8 Å². The first-order valence-electron chi connectivity index (χ1n) is 4.77. The molecule has 4 heteroatoms. The first-order valence-corrected chi connectivity index (χ1v) is 6.44. The van der Waals surface area contributed by atoms with E-state index >= 15 is 0 Å². The van der Waals surface area contributed by atoms with Gasteiger partial charge in [0.15, 0.2) is 0 Å². The molecule has 0 fully saturated rings. The molecule has 2 nitrogen and oxygen atoms in total. The van der Waals surface area contributed by atoms with E-state index in [-0.39, 0.29) is 0 Å². The highest BCUT2D eigenvalue weighted by atomic mass is 79.9. The van der Waals surface area contributed by atoms with Gasteiger partial charge in [0.2, 0.25) is 0 Å². The first-order chi connectivity index (χ1) is 6.79. The fourth-order valence-electron chi connectivity index (χ4n) is 1.31. The fourth-order valence-corrected chi connectivity index (χ4v) is 3.10. The number of hydrogen-bond acceptors (Lipinski definition) is 3.